The highest BCUT2D eigenvalue weighted by atomic mass is 16.4. The monoisotopic (exact) mass is 302 g/mol. The molecule has 2 aromatic rings. The largest absolute Gasteiger partial charge is 0.481 e. The van der Waals surface area contributed by atoms with E-state index in [9.17, 15) is 14.7 Å². The molecule has 0 aliphatic rings. The number of carboxylic acid groups (broad SMARTS) is 1. The maximum Gasteiger partial charge on any atom is 0.308 e. The van der Waals surface area contributed by atoms with Crippen molar-refractivity contribution in [1.29, 1.82) is 0 Å². The van der Waals surface area contributed by atoms with Crippen LogP contribution in [0.2, 0.25) is 0 Å². The van der Waals surface area contributed by atoms with Crippen LogP contribution in [0.3, 0.4) is 0 Å². The summed E-state index contributed by atoms with van der Waals surface area (Å²) < 4.78 is 4.96. The molecule has 6 heteroatoms. The van der Waals surface area contributed by atoms with Crippen molar-refractivity contribution in [1.82, 2.24) is 10.3 Å². The number of nitrogens with zero attached hydrogens (tertiary/aromatic N) is 1. The average molecular weight is 302 g/mol. The lowest BCUT2D eigenvalue weighted by atomic mass is 9.96. The van der Waals surface area contributed by atoms with Crippen molar-refractivity contribution in [3.8, 4) is 0 Å². The molecule has 0 bridgehead atoms. The van der Waals surface area contributed by atoms with Crippen LogP contribution in [0.25, 0.3) is 0 Å². The van der Waals surface area contributed by atoms with Gasteiger partial charge in [-0.15, -0.1) is 0 Å². The molecule has 0 radical (unpaired) electrons. The number of aromatic nitrogens is 1. The number of hydrogen-bond donors (Lipinski definition) is 2. The van der Waals surface area contributed by atoms with Gasteiger partial charge >= 0.3 is 5.97 Å². The molecule has 0 fully saturated rings. The van der Waals surface area contributed by atoms with Gasteiger partial charge in [0.25, 0.3) is 5.91 Å². The molecule has 0 aliphatic carbocycles. The van der Waals surface area contributed by atoms with Crippen molar-refractivity contribution >= 4 is 11.9 Å². The minimum atomic E-state index is -0.944. The summed E-state index contributed by atoms with van der Waals surface area (Å²) in [4.78, 5) is 27.2. The van der Waals surface area contributed by atoms with Gasteiger partial charge in [0.15, 0.2) is 12.1 Å². The highest BCUT2D eigenvalue weighted by molar-refractivity contribution is 5.93. The Balaban J connectivity index is 2.01. The van der Waals surface area contributed by atoms with Gasteiger partial charge in [0.1, 0.15) is 5.76 Å². The molecular formula is C16H18N2O4. The number of nitrogens with one attached hydrogen (secondary N) is 1. The van der Waals surface area contributed by atoms with E-state index in [1.165, 1.54) is 6.39 Å². The lowest BCUT2D eigenvalue weighted by Gasteiger charge is -2.14. The maximum absolute atomic E-state index is 11.9. The Labute approximate surface area is 128 Å². The Bertz CT molecular complexity index is 678. The Kier molecular flexibility index (Phi) is 4.93. The number of rotatable bonds is 6. The Morgan fingerprint density at radius 3 is 2.64 bits per heavy atom. The van der Waals surface area contributed by atoms with E-state index in [1.54, 1.807) is 6.92 Å². The summed E-state index contributed by atoms with van der Waals surface area (Å²) in [6, 6.07) is 7.61. The summed E-state index contributed by atoms with van der Waals surface area (Å²) in [7, 11) is 0. The number of benzene rings is 1. The maximum atomic E-state index is 11.9. The second-order valence-electron chi connectivity index (χ2n) is 5.13. The first-order valence-electron chi connectivity index (χ1n) is 6.94. The Morgan fingerprint density at radius 2 is 2.05 bits per heavy atom. The molecule has 0 saturated heterocycles. The molecule has 1 heterocycles. The summed E-state index contributed by atoms with van der Waals surface area (Å²) in [6.45, 7) is 3.60. The standard InChI is InChI=1S/C16H18N2O4/c1-10-5-3-4-6-12(10)7-13(16(20)21)8-17-15(19)14-11(2)22-9-18-14/h3-6,9,13H,7-8H2,1-2H3,(H,17,19)(H,20,21)/t13-/m0/s1. The van der Waals surface area contributed by atoms with Gasteiger partial charge in [0, 0.05) is 6.54 Å². The average Bonchev–Trinajstić information content (AvgIpc) is 2.91. The van der Waals surface area contributed by atoms with Gasteiger partial charge in [0.05, 0.1) is 5.92 Å². The summed E-state index contributed by atoms with van der Waals surface area (Å²) in [5.41, 5.74) is 2.18. The SMILES string of the molecule is Cc1ccccc1C[C@@H](CNC(=O)c1ncoc1C)C(=O)O. The normalized spacial score (nSPS) is 11.9. The van der Waals surface area contributed by atoms with Crippen molar-refractivity contribution in [2.75, 3.05) is 6.54 Å². The minimum absolute atomic E-state index is 0.0365. The fraction of sp³-hybridized carbons (Fsp3) is 0.312. The van der Waals surface area contributed by atoms with Gasteiger partial charge in [0.2, 0.25) is 0 Å². The van der Waals surface area contributed by atoms with E-state index >= 15 is 0 Å². The molecule has 2 rings (SSSR count). The van der Waals surface area contributed by atoms with E-state index in [0.29, 0.717) is 12.2 Å². The fourth-order valence-electron chi connectivity index (χ4n) is 2.17. The summed E-state index contributed by atoms with van der Waals surface area (Å²) in [6.07, 6.45) is 1.55. The van der Waals surface area contributed by atoms with Crippen molar-refractivity contribution in [3.05, 3.63) is 53.2 Å². The minimum Gasteiger partial charge on any atom is -0.481 e. The van der Waals surface area contributed by atoms with E-state index < -0.39 is 17.8 Å². The van der Waals surface area contributed by atoms with Crippen molar-refractivity contribution in [3.63, 3.8) is 0 Å². The zero-order chi connectivity index (χ0) is 16.1. The first kappa shape index (κ1) is 15.8. The number of carboxylic acids is 1. The molecule has 2 N–H and O–H groups in total. The van der Waals surface area contributed by atoms with E-state index in [4.69, 9.17) is 4.42 Å². The number of carbonyl (C=O) groups is 2. The molecule has 1 aromatic heterocycles. The molecule has 1 aromatic carbocycles. The van der Waals surface area contributed by atoms with Gasteiger partial charge < -0.3 is 14.8 Å². The second-order valence-corrected chi connectivity index (χ2v) is 5.13. The van der Waals surface area contributed by atoms with Crippen LogP contribution in [0.15, 0.2) is 35.1 Å². The number of aryl methyl sites for hydroxylation is 2. The van der Waals surface area contributed by atoms with Gasteiger partial charge in [-0.05, 0) is 31.4 Å². The number of amides is 1. The van der Waals surface area contributed by atoms with Crippen LogP contribution in [0, 0.1) is 19.8 Å². The topological polar surface area (TPSA) is 92.4 Å². The first-order valence-corrected chi connectivity index (χ1v) is 6.94. The number of aliphatic carboxylic acids is 1. The molecule has 1 atom stereocenters. The van der Waals surface area contributed by atoms with E-state index in [2.05, 4.69) is 10.3 Å². The molecule has 0 saturated carbocycles. The fourth-order valence-corrected chi connectivity index (χ4v) is 2.17. The third kappa shape index (κ3) is 3.72. The van der Waals surface area contributed by atoms with Crippen molar-refractivity contribution in [2.45, 2.75) is 20.3 Å². The Hall–Kier alpha value is -2.63. The molecule has 116 valence electrons. The predicted molar refractivity (Wildman–Crippen MR) is 79.6 cm³/mol. The third-order valence-corrected chi connectivity index (χ3v) is 3.55. The van der Waals surface area contributed by atoms with E-state index in [-0.39, 0.29) is 12.2 Å². The zero-order valence-corrected chi connectivity index (χ0v) is 12.5. The first-order chi connectivity index (χ1) is 10.5. The predicted octanol–water partition coefficient (Wildman–Crippen LogP) is 1.96. The van der Waals surface area contributed by atoms with E-state index in [1.807, 2.05) is 31.2 Å². The smallest absolute Gasteiger partial charge is 0.308 e. The van der Waals surface area contributed by atoms with Gasteiger partial charge in [-0.25, -0.2) is 4.98 Å². The van der Waals surface area contributed by atoms with Crippen LogP contribution in [0.1, 0.15) is 27.4 Å². The molecule has 0 aliphatic heterocycles. The van der Waals surface area contributed by atoms with Crippen LogP contribution < -0.4 is 5.32 Å². The lowest BCUT2D eigenvalue weighted by molar-refractivity contribution is -0.141. The summed E-state index contributed by atoms with van der Waals surface area (Å²) in [5, 5.41) is 11.9. The summed E-state index contributed by atoms with van der Waals surface area (Å²) >= 11 is 0. The molecular weight excluding hydrogens is 284 g/mol. The van der Waals surface area contributed by atoms with Crippen LogP contribution in [0.4, 0.5) is 0 Å². The third-order valence-electron chi connectivity index (χ3n) is 3.55. The number of oxazole rings is 1. The van der Waals surface area contributed by atoms with Crippen LogP contribution in [0.5, 0.6) is 0 Å². The molecule has 6 nitrogen and oxygen atoms in total. The Morgan fingerprint density at radius 1 is 1.32 bits per heavy atom. The number of carbonyl (C=O) groups excluding carboxylic acids is 1. The van der Waals surface area contributed by atoms with Crippen LogP contribution in [-0.4, -0.2) is 28.5 Å². The van der Waals surface area contributed by atoms with E-state index in [0.717, 1.165) is 11.1 Å². The molecule has 0 spiro atoms. The second kappa shape index (κ2) is 6.89. The molecule has 22 heavy (non-hydrogen) atoms. The molecule has 1 amide bonds. The highest BCUT2D eigenvalue weighted by Crippen LogP contribution is 2.13. The van der Waals surface area contributed by atoms with Crippen molar-refractivity contribution in [2.24, 2.45) is 5.92 Å². The van der Waals surface area contributed by atoms with Gasteiger partial charge in [-0.2, -0.15) is 0 Å². The molecule has 0 unspecified atom stereocenters. The van der Waals surface area contributed by atoms with Crippen LogP contribution >= 0.6 is 0 Å². The van der Waals surface area contributed by atoms with Gasteiger partial charge in [-0.1, -0.05) is 24.3 Å². The summed E-state index contributed by atoms with van der Waals surface area (Å²) in [5.74, 6) is -1.66. The number of hydrogen-bond acceptors (Lipinski definition) is 4. The van der Waals surface area contributed by atoms with Crippen LogP contribution in [-0.2, 0) is 11.2 Å². The zero-order valence-electron chi connectivity index (χ0n) is 12.5. The van der Waals surface area contributed by atoms with Gasteiger partial charge in [-0.3, -0.25) is 9.59 Å². The van der Waals surface area contributed by atoms with Crippen molar-refractivity contribution < 1.29 is 19.1 Å². The quantitative estimate of drug-likeness (QED) is 0.851. The highest BCUT2D eigenvalue weighted by Gasteiger charge is 2.21. The lowest BCUT2D eigenvalue weighted by Crippen LogP contribution is -2.34.